The summed E-state index contributed by atoms with van der Waals surface area (Å²) in [6.45, 7) is 8.88. The van der Waals surface area contributed by atoms with Gasteiger partial charge in [-0.25, -0.2) is 4.39 Å². The van der Waals surface area contributed by atoms with Gasteiger partial charge in [0.1, 0.15) is 5.82 Å². The summed E-state index contributed by atoms with van der Waals surface area (Å²) in [5, 5.41) is 3.38. The van der Waals surface area contributed by atoms with Gasteiger partial charge in [-0.3, -0.25) is 9.79 Å². The molecule has 8 heteroatoms. The lowest BCUT2D eigenvalue weighted by Crippen LogP contribution is -2.52. The molecule has 0 spiro atoms. The fourth-order valence-corrected chi connectivity index (χ4v) is 3.64. The molecule has 1 N–H and O–H groups in total. The second-order valence-corrected chi connectivity index (χ2v) is 7.02. The van der Waals surface area contributed by atoms with Crippen LogP contribution in [0.4, 0.5) is 10.1 Å². The molecule has 0 unspecified atom stereocenters. The SMILES string of the molecule is CCNC(=NCCCN1CCCC1=O)N1CCN(c2ccc(F)cc2)CC1.I. The van der Waals surface area contributed by atoms with Crippen LogP contribution in [0.3, 0.4) is 0 Å². The highest BCUT2D eigenvalue weighted by atomic mass is 127. The molecule has 1 aromatic carbocycles. The largest absolute Gasteiger partial charge is 0.368 e. The van der Waals surface area contributed by atoms with Crippen molar-refractivity contribution in [1.82, 2.24) is 15.1 Å². The number of hydrogen-bond donors (Lipinski definition) is 1. The zero-order chi connectivity index (χ0) is 19.1. The molecule has 2 heterocycles. The topological polar surface area (TPSA) is 51.2 Å². The summed E-state index contributed by atoms with van der Waals surface area (Å²) >= 11 is 0. The van der Waals surface area contributed by atoms with Gasteiger partial charge >= 0.3 is 0 Å². The lowest BCUT2D eigenvalue weighted by molar-refractivity contribution is -0.127. The third kappa shape index (κ3) is 6.22. The summed E-state index contributed by atoms with van der Waals surface area (Å²) in [7, 11) is 0. The monoisotopic (exact) mass is 503 g/mol. The first-order valence-corrected chi connectivity index (χ1v) is 9.99. The van der Waals surface area contributed by atoms with Crippen LogP contribution in [-0.4, -0.2) is 74.0 Å². The van der Waals surface area contributed by atoms with Crippen molar-refractivity contribution in [3.8, 4) is 0 Å². The normalized spacial score (nSPS) is 17.7. The van der Waals surface area contributed by atoms with Gasteiger partial charge in [-0.1, -0.05) is 0 Å². The van der Waals surface area contributed by atoms with Crippen LogP contribution in [0.25, 0.3) is 0 Å². The Labute approximate surface area is 184 Å². The zero-order valence-electron chi connectivity index (χ0n) is 16.6. The van der Waals surface area contributed by atoms with Crippen LogP contribution in [0.5, 0.6) is 0 Å². The number of halogens is 2. The highest BCUT2D eigenvalue weighted by molar-refractivity contribution is 14.0. The molecule has 2 fully saturated rings. The second kappa shape index (κ2) is 11.4. The van der Waals surface area contributed by atoms with E-state index >= 15 is 0 Å². The Morgan fingerprint density at radius 1 is 1.14 bits per heavy atom. The highest BCUT2D eigenvalue weighted by Gasteiger charge is 2.21. The van der Waals surface area contributed by atoms with Gasteiger partial charge in [0.2, 0.25) is 5.91 Å². The number of amides is 1. The Hall–Kier alpha value is -1.58. The molecular formula is C20H31FIN5O. The average Bonchev–Trinajstić information content (AvgIpc) is 3.10. The number of likely N-dealkylation sites (tertiary alicyclic amines) is 1. The van der Waals surface area contributed by atoms with E-state index in [4.69, 9.17) is 4.99 Å². The van der Waals surface area contributed by atoms with E-state index in [0.29, 0.717) is 6.42 Å². The van der Waals surface area contributed by atoms with Gasteiger partial charge < -0.3 is 20.0 Å². The van der Waals surface area contributed by atoms with Gasteiger partial charge in [0.15, 0.2) is 5.96 Å². The quantitative estimate of drug-likeness (QED) is 0.281. The minimum absolute atomic E-state index is 0. The second-order valence-electron chi connectivity index (χ2n) is 7.02. The molecule has 2 aliphatic rings. The van der Waals surface area contributed by atoms with Crippen molar-refractivity contribution in [1.29, 1.82) is 0 Å². The number of benzene rings is 1. The third-order valence-electron chi connectivity index (χ3n) is 5.12. The summed E-state index contributed by atoms with van der Waals surface area (Å²) in [6.07, 6.45) is 2.59. The smallest absolute Gasteiger partial charge is 0.222 e. The van der Waals surface area contributed by atoms with E-state index in [1.165, 1.54) is 12.1 Å². The maximum absolute atomic E-state index is 13.1. The highest BCUT2D eigenvalue weighted by Crippen LogP contribution is 2.17. The number of piperazine rings is 1. The van der Waals surface area contributed by atoms with Gasteiger partial charge in [0.25, 0.3) is 0 Å². The van der Waals surface area contributed by atoms with Crippen LogP contribution in [0.2, 0.25) is 0 Å². The molecule has 3 rings (SSSR count). The van der Waals surface area contributed by atoms with Gasteiger partial charge in [-0.2, -0.15) is 0 Å². The average molecular weight is 503 g/mol. The molecular weight excluding hydrogens is 472 g/mol. The van der Waals surface area contributed by atoms with E-state index in [0.717, 1.165) is 76.8 Å². The van der Waals surface area contributed by atoms with Crippen LogP contribution < -0.4 is 10.2 Å². The van der Waals surface area contributed by atoms with Gasteiger partial charge in [-0.15, -0.1) is 24.0 Å². The van der Waals surface area contributed by atoms with Gasteiger partial charge in [-0.05, 0) is 44.0 Å². The number of aliphatic imine (C=N–C) groups is 1. The maximum atomic E-state index is 13.1. The van der Waals surface area contributed by atoms with E-state index in [1.54, 1.807) is 0 Å². The lowest BCUT2D eigenvalue weighted by atomic mass is 10.2. The van der Waals surface area contributed by atoms with Crippen molar-refractivity contribution in [3.05, 3.63) is 30.1 Å². The molecule has 2 saturated heterocycles. The predicted octanol–water partition coefficient (Wildman–Crippen LogP) is 2.54. The lowest BCUT2D eigenvalue weighted by Gasteiger charge is -2.37. The van der Waals surface area contributed by atoms with Crippen molar-refractivity contribution >= 4 is 41.5 Å². The molecule has 1 amide bonds. The molecule has 0 aliphatic carbocycles. The van der Waals surface area contributed by atoms with Gasteiger partial charge in [0, 0.05) is 64.5 Å². The molecule has 0 radical (unpaired) electrons. The van der Waals surface area contributed by atoms with Crippen LogP contribution in [0.1, 0.15) is 26.2 Å². The number of nitrogens with one attached hydrogen (secondary N) is 1. The molecule has 6 nitrogen and oxygen atoms in total. The number of anilines is 1. The first-order valence-electron chi connectivity index (χ1n) is 9.99. The Balaban J connectivity index is 0.00000280. The zero-order valence-corrected chi connectivity index (χ0v) is 18.9. The molecule has 0 aromatic heterocycles. The van der Waals surface area contributed by atoms with Crippen molar-refractivity contribution < 1.29 is 9.18 Å². The Morgan fingerprint density at radius 3 is 2.46 bits per heavy atom. The Morgan fingerprint density at radius 2 is 1.86 bits per heavy atom. The summed E-state index contributed by atoms with van der Waals surface area (Å²) in [5.41, 5.74) is 1.06. The van der Waals surface area contributed by atoms with Crippen LogP contribution in [-0.2, 0) is 4.79 Å². The first kappa shape index (κ1) is 22.7. The number of carbonyl (C=O) groups is 1. The van der Waals surface area contributed by atoms with Crippen molar-refractivity contribution in [2.24, 2.45) is 4.99 Å². The van der Waals surface area contributed by atoms with Crippen molar-refractivity contribution in [2.75, 3.05) is 57.3 Å². The summed E-state index contributed by atoms with van der Waals surface area (Å²) < 4.78 is 13.1. The van der Waals surface area contributed by atoms with Crippen LogP contribution in [0, 0.1) is 5.82 Å². The molecule has 156 valence electrons. The molecule has 0 bridgehead atoms. The van der Waals surface area contributed by atoms with E-state index in [2.05, 4.69) is 22.0 Å². The maximum Gasteiger partial charge on any atom is 0.222 e. The van der Waals surface area contributed by atoms with E-state index < -0.39 is 0 Å². The van der Waals surface area contributed by atoms with Crippen LogP contribution in [0.15, 0.2) is 29.3 Å². The predicted molar refractivity (Wildman–Crippen MR) is 122 cm³/mol. The Kier molecular flexibility index (Phi) is 9.27. The fraction of sp³-hybridized carbons (Fsp3) is 0.600. The molecule has 0 saturated carbocycles. The molecule has 1 aromatic rings. The summed E-state index contributed by atoms with van der Waals surface area (Å²) in [6, 6.07) is 6.70. The van der Waals surface area contributed by atoms with E-state index in [1.807, 2.05) is 17.0 Å². The Bertz CT molecular complexity index is 647. The summed E-state index contributed by atoms with van der Waals surface area (Å²) in [4.78, 5) is 22.9. The third-order valence-corrected chi connectivity index (χ3v) is 5.12. The number of hydrogen-bond acceptors (Lipinski definition) is 3. The molecule has 0 atom stereocenters. The van der Waals surface area contributed by atoms with E-state index in [9.17, 15) is 9.18 Å². The molecule has 28 heavy (non-hydrogen) atoms. The van der Waals surface area contributed by atoms with Gasteiger partial charge in [0.05, 0.1) is 0 Å². The number of carbonyl (C=O) groups excluding carboxylic acids is 1. The minimum atomic E-state index is -0.199. The number of rotatable bonds is 6. The standard InChI is InChI=1S/C20H30FN5O.HI/c1-2-22-20(23-10-4-12-25-11-3-5-19(25)27)26-15-13-24(14-16-26)18-8-6-17(21)7-9-18;/h6-9H,2-5,10-16H2,1H3,(H,22,23);1H. The minimum Gasteiger partial charge on any atom is -0.368 e. The number of nitrogens with zero attached hydrogens (tertiary/aromatic N) is 4. The van der Waals surface area contributed by atoms with E-state index in [-0.39, 0.29) is 35.7 Å². The first-order chi connectivity index (χ1) is 13.2. The number of guanidine groups is 1. The summed E-state index contributed by atoms with van der Waals surface area (Å²) in [5.74, 6) is 1.03. The fourth-order valence-electron chi connectivity index (χ4n) is 3.64. The van der Waals surface area contributed by atoms with Crippen LogP contribution >= 0.6 is 24.0 Å². The van der Waals surface area contributed by atoms with Crippen molar-refractivity contribution in [3.63, 3.8) is 0 Å². The molecule has 2 aliphatic heterocycles. The van der Waals surface area contributed by atoms with Crippen molar-refractivity contribution in [2.45, 2.75) is 26.2 Å².